The SMILES string of the molecule is CC1(C)c2cc(-c3cccc4oc5ccccc5c34)ccc2-c2ccc(-n3c4ccccc4c4ccccc43)cc21. The Kier molecular flexibility index (Phi) is 4.42. The topological polar surface area (TPSA) is 18.1 Å². The molecule has 2 heteroatoms. The normalized spacial score (nSPS) is 13.8. The Balaban J connectivity index is 1.23. The zero-order chi connectivity index (χ0) is 27.3. The lowest BCUT2D eigenvalue weighted by atomic mass is 9.81. The molecule has 0 atom stereocenters. The van der Waals surface area contributed by atoms with Gasteiger partial charge >= 0.3 is 0 Å². The number of hydrogen-bond donors (Lipinski definition) is 0. The predicted octanol–water partition coefficient (Wildman–Crippen LogP) is 10.7. The number of furan rings is 1. The molecular weight excluding hydrogens is 498 g/mol. The van der Waals surface area contributed by atoms with Crippen molar-refractivity contribution in [3.8, 4) is 27.9 Å². The van der Waals surface area contributed by atoms with Crippen LogP contribution in [-0.2, 0) is 5.41 Å². The summed E-state index contributed by atoms with van der Waals surface area (Å²) in [6.45, 7) is 4.73. The van der Waals surface area contributed by atoms with Gasteiger partial charge in [-0.15, -0.1) is 0 Å². The maximum atomic E-state index is 6.21. The molecule has 0 unspecified atom stereocenters. The molecule has 0 saturated carbocycles. The average Bonchev–Trinajstić information content (AvgIpc) is 3.63. The molecule has 0 saturated heterocycles. The van der Waals surface area contributed by atoms with Gasteiger partial charge in [0.1, 0.15) is 11.2 Å². The van der Waals surface area contributed by atoms with Gasteiger partial charge in [-0.3, -0.25) is 0 Å². The van der Waals surface area contributed by atoms with Gasteiger partial charge in [-0.05, 0) is 75.8 Å². The number of benzene rings is 6. The highest BCUT2D eigenvalue weighted by Crippen LogP contribution is 2.51. The van der Waals surface area contributed by atoms with Crippen molar-refractivity contribution in [1.82, 2.24) is 4.57 Å². The smallest absolute Gasteiger partial charge is 0.136 e. The molecule has 9 rings (SSSR count). The van der Waals surface area contributed by atoms with Crippen molar-refractivity contribution < 1.29 is 4.42 Å². The van der Waals surface area contributed by atoms with Crippen LogP contribution in [-0.4, -0.2) is 4.57 Å². The Morgan fingerprint density at radius 2 is 1.12 bits per heavy atom. The van der Waals surface area contributed by atoms with E-state index in [4.69, 9.17) is 4.42 Å². The van der Waals surface area contributed by atoms with Crippen LogP contribution in [0.5, 0.6) is 0 Å². The molecule has 41 heavy (non-hydrogen) atoms. The first-order chi connectivity index (χ1) is 20.1. The van der Waals surface area contributed by atoms with Gasteiger partial charge in [-0.2, -0.15) is 0 Å². The predicted molar refractivity (Wildman–Crippen MR) is 171 cm³/mol. The average molecular weight is 526 g/mol. The van der Waals surface area contributed by atoms with E-state index >= 15 is 0 Å². The van der Waals surface area contributed by atoms with Crippen LogP contribution in [0.15, 0.2) is 132 Å². The first kappa shape index (κ1) is 22.7. The monoisotopic (exact) mass is 525 g/mol. The van der Waals surface area contributed by atoms with Crippen molar-refractivity contribution >= 4 is 43.7 Å². The van der Waals surface area contributed by atoms with Gasteiger partial charge in [0.05, 0.1) is 11.0 Å². The Bertz CT molecular complexity index is 2290. The van der Waals surface area contributed by atoms with E-state index < -0.39 is 0 Å². The van der Waals surface area contributed by atoms with E-state index in [-0.39, 0.29) is 5.41 Å². The Hall–Kier alpha value is -5.08. The summed E-state index contributed by atoms with van der Waals surface area (Å²) in [5.74, 6) is 0. The van der Waals surface area contributed by atoms with Crippen molar-refractivity contribution in [3.63, 3.8) is 0 Å². The molecule has 1 aliphatic rings. The minimum atomic E-state index is -0.137. The summed E-state index contributed by atoms with van der Waals surface area (Å²) >= 11 is 0. The molecule has 8 aromatic rings. The van der Waals surface area contributed by atoms with Gasteiger partial charge in [-0.25, -0.2) is 0 Å². The molecule has 0 spiro atoms. The number of rotatable bonds is 2. The van der Waals surface area contributed by atoms with E-state index in [9.17, 15) is 0 Å². The molecule has 0 radical (unpaired) electrons. The van der Waals surface area contributed by atoms with Crippen molar-refractivity contribution in [2.45, 2.75) is 19.3 Å². The van der Waals surface area contributed by atoms with E-state index in [0.29, 0.717) is 0 Å². The molecule has 0 fully saturated rings. The fraction of sp³-hybridized carbons (Fsp3) is 0.0769. The van der Waals surface area contributed by atoms with Crippen molar-refractivity contribution in [3.05, 3.63) is 139 Å². The zero-order valence-corrected chi connectivity index (χ0v) is 23.0. The molecule has 2 nitrogen and oxygen atoms in total. The molecule has 1 aliphatic carbocycles. The Labute approximate surface area is 238 Å². The first-order valence-corrected chi connectivity index (χ1v) is 14.3. The summed E-state index contributed by atoms with van der Waals surface area (Å²) in [6, 6.07) is 46.2. The zero-order valence-electron chi connectivity index (χ0n) is 23.0. The standard InChI is InChI=1S/C39H27NO/c1-39(2)32-22-24(26-13-9-17-37-38(26)31-12-5-8-16-36(31)41-37)18-20-27(32)28-21-19-25(23-33(28)39)40-34-14-6-3-10-29(34)30-11-4-7-15-35(30)40/h3-23H,1-2H3. The quantitative estimate of drug-likeness (QED) is 0.219. The maximum absolute atomic E-state index is 6.21. The minimum Gasteiger partial charge on any atom is -0.456 e. The summed E-state index contributed by atoms with van der Waals surface area (Å²) in [5.41, 5.74) is 13.2. The lowest BCUT2D eigenvalue weighted by Gasteiger charge is -2.23. The number of nitrogens with zero attached hydrogens (tertiary/aromatic N) is 1. The Morgan fingerprint density at radius 1 is 0.512 bits per heavy atom. The van der Waals surface area contributed by atoms with Crippen molar-refractivity contribution in [2.75, 3.05) is 0 Å². The van der Waals surface area contributed by atoms with E-state index in [1.807, 2.05) is 6.07 Å². The van der Waals surface area contributed by atoms with Gasteiger partial charge in [0.25, 0.3) is 0 Å². The van der Waals surface area contributed by atoms with Crippen LogP contribution in [0.2, 0.25) is 0 Å². The third-order valence-electron chi connectivity index (χ3n) is 9.21. The van der Waals surface area contributed by atoms with Gasteiger partial charge in [-0.1, -0.05) is 98.8 Å². The molecule has 0 bridgehead atoms. The van der Waals surface area contributed by atoms with Crippen LogP contribution in [0.4, 0.5) is 0 Å². The molecule has 6 aromatic carbocycles. The van der Waals surface area contributed by atoms with Gasteiger partial charge in [0.15, 0.2) is 0 Å². The molecule has 0 amide bonds. The fourth-order valence-corrected chi connectivity index (χ4v) is 7.25. The number of hydrogen-bond acceptors (Lipinski definition) is 1. The van der Waals surface area contributed by atoms with Crippen LogP contribution in [0.1, 0.15) is 25.0 Å². The molecule has 0 aliphatic heterocycles. The lowest BCUT2D eigenvalue weighted by Crippen LogP contribution is -2.15. The van der Waals surface area contributed by atoms with Gasteiger partial charge in [0, 0.05) is 32.6 Å². The summed E-state index contributed by atoms with van der Waals surface area (Å²) in [7, 11) is 0. The van der Waals surface area contributed by atoms with Gasteiger partial charge in [0.2, 0.25) is 0 Å². The van der Waals surface area contributed by atoms with Crippen molar-refractivity contribution in [2.24, 2.45) is 0 Å². The molecule has 0 N–H and O–H groups in total. The second kappa shape index (κ2) is 7.99. The number of aromatic nitrogens is 1. The third kappa shape index (κ3) is 3.02. The molecule has 2 aromatic heterocycles. The minimum absolute atomic E-state index is 0.137. The van der Waals surface area contributed by atoms with E-state index in [0.717, 1.165) is 16.6 Å². The summed E-state index contributed by atoms with van der Waals surface area (Å²) < 4.78 is 8.62. The van der Waals surface area contributed by atoms with Crippen LogP contribution in [0.25, 0.3) is 71.7 Å². The highest BCUT2D eigenvalue weighted by atomic mass is 16.3. The number of fused-ring (bicyclic) bond motifs is 9. The Morgan fingerprint density at radius 3 is 1.88 bits per heavy atom. The number of para-hydroxylation sites is 3. The lowest BCUT2D eigenvalue weighted by molar-refractivity contribution is 0.660. The highest BCUT2D eigenvalue weighted by Gasteiger charge is 2.36. The van der Waals surface area contributed by atoms with Crippen LogP contribution in [0.3, 0.4) is 0 Å². The largest absolute Gasteiger partial charge is 0.456 e. The van der Waals surface area contributed by atoms with Gasteiger partial charge < -0.3 is 8.98 Å². The summed E-state index contributed by atoms with van der Waals surface area (Å²) in [6.07, 6.45) is 0. The van der Waals surface area contributed by atoms with E-state index in [1.165, 1.54) is 66.3 Å². The second-order valence-corrected chi connectivity index (χ2v) is 11.8. The first-order valence-electron chi connectivity index (χ1n) is 14.3. The molecule has 194 valence electrons. The third-order valence-corrected chi connectivity index (χ3v) is 9.21. The highest BCUT2D eigenvalue weighted by molar-refractivity contribution is 6.12. The van der Waals surface area contributed by atoms with E-state index in [1.54, 1.807) is 0 Å². The maximum Gasteiger partial charge on any atom is 0.136 e. The molecule has 2 heterocycles. The summed E-state index contributed by atoms with van der Waals surface area (Å²) in [5, 5.41) is 4.93. The van der Waals surface area contributed by atoms with Crippen molar-refractivity contribution in [1.29, 1.82) is 0 Å². The van der Waals surface area contributed by atoms with Crippen LogP contribution >= 0.6 is 0 Å². The van der Waals surface area contributed by atoms with Crippen LogP contribution < -0.4 is 0 Å². The van der Waals surface area contributed by atoms with Crippen LogP contribution in [0, 0.1) is 0 Å². The summed E-state index contributed by atoms with van der Waals surface area (Å²) in [4.78, 5) is 0. The fourth-order valence-electron chi connectivity index (χ4n) is 7.25. The molecular formula is C39H27NO. The van der Waals surface area contributed by atoms with E-state index in [2.05, 4.69) is 140 Å². The second-order valence-electron chi connectivity index (χ2n) is 11.8.